The Morgan fingerprint density at radius 1 is 1.33 bits per heavy atom. The zero-order valence-corrected chi connectivity index (χ0v) is 11.7. The van der Waals surface area contributed by atoms with Crippen LogP contribution in [-0.4, -0.2) is 5.97 Å². The van der Waals surface area contributed by atoms with Crippen LogP contribution in [0, 0.1) is 11.8 Å². The Labute approximate surface area is 109 Å². The highest BCUT2D eigenvalue weighted by Crippen LogP contribution is 2.44. The highest BCUT2D eigenvalue weighted by atomic mass is 16.5. The molecule has 0 radical (unpaired) electrons. The van der Waals surface area contributed by atoms with Crippen LogP contribution in [0.1, 0.15) is 47.0 Å². The molecule has 98 valence electrons. The Balaban J connectivity index is 2.23. The van der Waals surface area contributed by atoms with E-state index in [1.807, 2.05) is 0 Å². The van der Waals surface area contributed by atoms with Gasteiger partial charge in [-0.05, 0) is 57.1 Å². The molecule has 0 amide bonds. The van der Waals surface area contributed by atoms with E-state index in [1.54, 1.807) is 0 Å². The molecule has 0 spiro atoms. The third kappa shape index (κ3) is 3.12. The predicted octanol–water partition coefficient (Wildman–Crippen LogP) is 4.15. The quantitative estimate of drug-likeness (QED) is 0.425. The van der Waals surface area contributed by atoms with Crippen LogP contribution in [0.2, 0.25) is 0 Å². The summed E-state index contributed by atoms with van der Waals surface area (Å²) in [6, 6.07) is 0. The van der Waals surface area contributed by atoms with Crippen molar-refractivity contribution < 1.29 is 9.53 Å². The van der Waals surface area contributed by atoms with Gasteiger partial charge in [0.25, 0.3) is 0 Å². The number of hydrogen-bond acceptors (Lipinski definition) is 2. The molecule has 1 fully saturated rings. The molecule has 0 saturated heterocycles. The van der Waals surface area contributed by atoms with E-state index in [0.29, 0.717) is 11.8 Å². The molecule has 0 aromatic heterocycles. The lowest BCUT2D eigenvalue weighted by atomic mass is 10.0. The molecule has 2 nitrogen and oxygen atoms in total. The molecule has 2 rings (SSSR count). The van der Waals surface area contributed by atoms with Gasteiger partial charge in [-0.25, -0.2) is 0 Å². The number of rotatable bonds is 3. The smallest absolute Gasteiger partial charge is 0.307 e. The van der Waals surface area contributed by atoms with E-state index in [1.165, 1.54) is 23.6 Å². The summed E-state index contributed by atoms with van der Waals surface area (Å²) in [5.74, 6) is 1.70. The van der Waals surface area contributed by atoms with Gasteiger partial charge in [0.2, 0.25) is 0 Å². The van der Waals surface area contributed by atoms with Crippen LogP contribution in [-0.2, 0) is 9.53 Å². The van der Waals surface area contributed by atoms with Gasteiger partial charge in [0.15, 0.2) is 0 Å². The fourth-order valence-corrected chi connectivity index (χ4v) is 2.60. The standard InChI is InChI=1S/C16H22O2/c1-10(2)7-13-8-11(3)15(9-13)16(14-5-6-14)18-12(4)17/h7-8,13-14H,5-6,9H2,1-4H3/b16-15-. The lowest BCUT2D eigenvalue weighted by Gasteiger charge is -2.12. The first-order valence-electron chi connectivity index (χ1n) is 6.72. The molecule has 2 aliphatic carbocycles. The van der Waals surface area contributed by atoms with E-state index in [9.17, 15) is 4.79 Å². The molecule has 0 aromatic rings. The summed E-state index contributed by atoms with van der Waals surface area (Å²) < 4.78 is 5.46. The van der Waals surface area contributed by atoms with Crippen molar-refractivity contribution in [2.24, 2.45) is 11.8 Å². The molecule has 1 saturated carbocycles. The van der Waals surface area contributed by atoms with E-state index in [0.717, 1.165) is 25.0 Å². The van der Waals surface area contributed by atoms with E-state index in [4.69, 9.17) is 4.74 Å². The van der Waals surface area contributed by atoms with Gasteiger partial charge in [0, 0.05) is 12.8 Å². The number of esters is 1. The van der Waals surface area contributed by atoms with Crippen molar-refractivity contribution in [3.05, 3.63) is 34.6 Å². The molecule has 0 heterocycles. The summed E-state index contributed by atoms with van der Waals surface area (Å²) in [6.07, 6.45) is 7.87. The molecule has 0 aliphatic heterocycles. The number of ether oxygens (including phenoxy) is 1. The molecule has 1 unspecified atom stereocenters. The first kappa shape index (κ1) is 13.1. The minimum Gasteiger partial charge on any atom is -0.431 e. The van der Waals surface area contributed by atoms with Gasteiger partial charge in [-0.15, -0.1) is 0 Å². The van der Waals surface area contributed by atoms with Crippen molar-refractivity contribution >= 4 is 5.97 Å². The molecule has 0 bridgehead atoms. The Hall–Kier alpha value is -1.31. The maximum atomic E-state index is 11.2. The predicted molar refractivity (Wildman–Crippen MR) is 72.8 cm³/mol. The summed E-state index contributed by atoms with van der Waals surface area (Å²) in [6.45, 7) is 7.86. The van der Waals surface area contributed by atoms with Crippen LogP contribution >= 0.6 is 0 Å². The number of carbonyl (C=O) groups is 1. The summed E-state index contributed by atoms with van der Waals surface area (Å²) in [5.41, 5.74) is 3.88. The largest absolute Gasteiger partial charge is 0.431 e. The van der Waals surface area contributed by atoms with Gasteiger partial charge in [-0.3, -0.25) is 4.79 Å². The second kappa shape index (κ2) is 5.13. The van der Waals surface area contributed by atoms with Gasteiger partial charge in [0.1, 0.15) is 5.76 Å². The monoisotopic (exact) mass is 246 g/mol. The zero-order valence-electron chi connectivity index (χ0n) is 11.7. The molecule has 2 heteroatoms. The van der Waals surface area contributed by atoms with Crippen LogP contribution in [0.25, 0.3) is 0 Å². The Kier molecular flexibility index (Phi) is 3.74. The van der Waals surface area contributed by atoms with Crippen LogP contribution in [0.5, 0.6) is 0 Å². The van der Waals surface area contributed by atoms with Gasteiger partial charge in [-0.1, -0.05) is 17.7 Å². The SMILES string of the molecule is CC(=O)O/C(=C1/CC(C=C(C)C)C=C1C)C1CC1. The molecular weight excluding hydrogens is 224 g/mol. The molecule has 2 aliphatic rings. The lowest BCUT2D eigenvalue weighted by Crippen LogP contribution is -2.04. The maximum Gasteiger partial charge on any atom is 0.307 e. The topological polar surface area (TPSA) is 26.3 Å². The van der Waals surface area contributed by atoms with E-state index in [2.05, 4.69) is 32.9 Å². The minimum absolute atomic E-state index is 0.192. The fourth-order valence-electron chi connectivity index (χ4n) is 2.60. The number of allylic oxidation sites excluding steroid dienone is 6. The van der Waals surface area contributed by atoms with E-state index >= 15 is 0 Å². The first-order valence-corrected chi connectivity index (χ1v) is 6.72. The van der Waals surface area contributed by atoms with Crippen LogP contribution in [0.15, 0.2) is 34.6 Å². The second-order valence-electron chi connectivity index (χ2n) is 5.67. The summed E-state index contributed by atoms with van der Waals surface area (Å²) >= 11 is 0. The summed E-state index contributed by atoms with van der Waals surface area (Å²) in [7, 11) is 0. The van der Waals surface area contributed by atoms with Crippen molar-refractivity contribution in [1.29, 1.82) is 0 Å². The zero-order chi connectivity index (χ0) is 13.3. The second-order valence-corrected chi connectivity index (χ2v) is 5.67. The summed E-state index contributed by atoms with van der Waals surface area (Å²) in [5, 5.41) is 0. The first-order chi connectivity index (χ1) is 8.47. The van der Waals surface area contributed by atoms with Crippen molar-refractivity contribution in [1.82, 2.24) is 0 Å². The molecule has 0 aromatic carbocycles. The Morgan fingerprint density at radius 2 is 2.00 bits per heavy atom. The molecule has 1 atom stereocenters. The average Bonchev–Trinajstić information content (AvgIpc) is 3.00. The van der Waals surface area contributed by atoms with Crippen molar-refractivity contribution in [3.8, 4) is 0 Å². The third-order valence-electron chi connectivity index (χ3n) is 3.43. The number of hydrogen-bond donors (Lipinski definition) is 0. The molecular formula is C16H22O2. The minimum atomic E-state index is -0.192. The van der Waals surface area contributed by atoms with Gasteiger partial charge in [0.05, 0.1) is 0 Å². The molecule has 0 N–H and O–H groups in total. The highest BCUT2D eigenvalue weighted by molar-refractivity contribution is 5.68. The summed E-state index contributed by atoms with van der Waals surface area (Å²) in [4.78, 5) is 11.2. The van der Waals surface area contributed by atoms with Crippen LogP contribution in [0.3, 0.4) is 0 Å². The van der Waals surface area contributed by atoms with Gasteiger partial charge >= 0.3 is 5.97 Å². The van der Waals surface area contributed by atoms with E-state index < -0.39 is 0 Å². The Morgan fingerprint density at radius 3 is 2.50 bits per heavy atom. The van der Waals surface area contributed by atoms with Crippen LogP contribution < -0.4 is 0 Å². The number of carbonyl (C=O) groups excluding carboxylic acids is 1. The lowest BCUT2D eigenvalue weighted by molar-refractivity contribution is -0.137. The maximum absolute atomic E-state index is 11.2. The van der Waals surface area contributed by atoms with Crippen molar-refractivity contribution in [2.75, 3.05) is 0 Å². The van der Waals surface area contributed by atoms with Crippen molar-refractivity contribution in [3.63, 3.8) is 0 Å². The van der Waals surface area contributed by atoms with E-state index in [-0.39, 0.29) is 5.97 Å². The van der Waals surface area contributed by atoms with Gasteiger partial charge < -0.3 is 4.74 Å². The average molecular weight is 246 g/mol. The van der Waals surface area contributed by atoms with Crippen molar-refractivity contribution in [2.45, 2.75) is 47.0 Å². The normalized spacial score (nSPS) is 25.6. The Bertz CT molecular complexity index is 444. The van der Waals surface area contributed by atoms with Crippen LogP contribution in [0.4, 0.5) is 0 Å². The molecule has 18 heavy (non-hydrogen) atoms. The fraction of sp³-hybridized carbons (Fsp3) is 0.562. The third-order valence-corrected chi connectivity index (χ3v) is 3.43. The van der Waals surface area contributed by atoms with Gasteiger partial charge in [-0.2, -0.15) is 0 Å². The highest BCUT2D eigenvalue weighted by Gasteiger charge is 2.33.